The molecule has 0 aliphatic rings. The number of aliphatic hydroxyl groups is 1. The second kappa shape index (κ2) is 4.99. The van der Waals surface area contributed by atoms with Gasteiger partial charge in [0.05, 0.1) is 11.1 Å². The highest BCUT2D eigenvalue weighted by atomic mass is 79.9. The first-order chi connectivity index (χ1) is 6.16. The molecule has 3 heteroatoms. The predicted octanol–water partition coefficient (Wildman–Crippen LogP) is 3.94. The highest BCUT2D eigenvalue weighted by Crippen LogP contribution is 2.31. The summed E-state index contributed by atoms with van der Waals surface area (Å²) in [5, 5.41) is 10.4. The van der Waals surface area contributed by atoms with Crippen molar-refractivity contribution >= 4 is 27.5 Å². The van der Waals surface area contributed by atoms with E-state index in [9.17, 15) is 5.11 Å². The fourth-order valence-corrected chi connectivity index (χ4v) is 1.92. The summed E-state index contributed by atoms with van der Waals surface area (Å²) in [6.07, 6.45) is 1.30. The minimum absolute atomic E-state index is 0.418. The van der Waals surface area contributed by atoms with Crippen molar-refractivity contribution in [2.75, 3.05) is 0 Å². The summed E-state index contributed by atoms with van der Waals surface area (Å²) in [7, 11) is 0. The van der Waals surface area contributed by atoms with E-state index in [-0.39, 0.29) is 0 Å². The molecule has 0 unspecified atom stereocenters. The lowest BCUT2D eigenvalue weighted by Crippen LogP contribution is -1.97. The second-order valence-corrected chi connectivity index (χ2v) is 4.15. The molecule has 1 aromatic carbocycles. The van der Waals surface area contributed by atoms with Crippen molar-refractivity contribution in [1.29, 1.82) is 0 Å². The van der Waals surface area contributed by atoms with E-state index in [2.05, 4.69) is 15.9 Å². The Balaban J connectivity index is 2.93. The summed E-state index contributed by atoms with van der Waals surface area (Å²) in [4.78, 5) is 0. The molecule has 0 aromatic heterocycles. The van der Waals surface area contributed by atoms with Gasteiger partial charge in [-0.15, -0.1) is 0 Å². The molecule has 1 rings (SSSR count). The van der Waals surface area contributed by atoms with Crippen LogP contribution in [-0.2, 0) is 0 Å². The van der Waals surface area contributed by atoms with Gasteiger partial charge in [-0.3, -0.25) is 0 Å². The molecule has 0 aliphatic heterocycles. The second-order valence-electron chi connectivity index (χ2n) is 2.95. The maximum absolute atomic E-state index is 9.74. The monoisotopic (exact) mass is 262 g/mol. The van der Waals surface area contributed by atoms with E-state index in [1.54, 1.807) is 6.07 Å². The Kier molecular flexibility index (Phi) is 4.23. The van der Waals surface area contributed by atoms with Crippen molar-refractivity contribution in [3.05, 3.63) is 33.3 Å². The maximum Gasteiger partial charge on any atom is 0.0801 e. The van der Waals surface area contributed by atoms with Gasteiger partial charge in [0.25, 0.3) is 0 Å². The fraction of sp³-hybridized carbons (Fsp3) is 0.400. The molecule has 1 atom stereocenters. The van der Waals surface area contributed by atoms with Crippen molar-refractivity contribution in [2.24, 2.45) is 0 Å². The number of halogens is 2. The molecule has 1 N–H and O–H groups in total. The molecule has 0 heterocycles. The first kappa shape index (κ1) is 11.0. The van der Waals surface area contributed by atoms with Gasteiger partial charge in [0.15, 0.2) is 0 Å². The van der Waals surface area contributed by atoms with Crippen LogP contribution in [0.1, 0.15) is 31.4 Å². The Morgan fingerprint density at radius 2 is 2.23 bits per heavy atom. The van der Waals surface area contributed by atoms with E-state index in [4.69, 9.17) is 11.6 Å². The smallest absolute Gasteiger partial charge is 0.0801 e. The summed E-state index contributed by atoms with van der Waals surface area (Å²) < 4.78 is 0.803. The van der Waals surface area contributed by atoms with Gasteiger partial charge in [-0.2, -0.15) is 0 Å². The van der Waals surface area contributed by atoms with E-state index in [1.807, 2.05) is 19.1 Å². The molecule has 0 aliphatic carbocycles. The van der Waals surface area contributed by atoms with Crippen LogP contribution in [0.15, 0.2) is 22.7 Å². The van der Waals surface area contributed by atoms with Gasteiger partial charge in [0, 0.05) is 4.47 Å². The van der Waals surface area contributed by atoms with Crippen molar-refractivity contribution in [1.82, 2.24) is 0 Å². The zero-order valence-electron chi connectivity index (χ0n) is 7.43. The number of hydrogen-bond acceptors (Lipinski definition) is 1. The Morgan fingerprint density at radius 3 is 2.85 bits per heavy atom. The third kappa shape index (κ3) is 2.70. The van der Waals surface area contributed by atoms with Crippen LogP contribution in [0, 0.1) is 0 Å². The first-order valence-corrected chi connectivity index (χ1v) is 5.46. The molecule has 0 amide bonds. The number of rotatable bonds is 3. The molecule has 0 saturated heterocycles. The van der Waals surface area contributed by atoms with Crippen molar-refractivity contribution in [3.63, 3.8) is 0 Å². The number of benzene rings is 1. The summed E-state index contributed by atoms with van der Waals surface area (Å²) in [5.41, 5.74) is 0.870. The molecule has 1 nitrogen and oxygen atoms in total. The normalized spacial score (nSPS) is 12.9. The summed E-state index contributed by atoms with van der Waals surface area (Å²) in [6, 6.07) is 5.53. The lowest BCUT2D eigenvalue weighted by molar-refractivity contribution is 0.166. The molecule has 72 valence electrons. The maximum atomic E-state index is 9.74. The summed E-state index contributed by atoms with van der Waals surface area (Å²) >= 11 is 9.26. The van der Waals surface area contributed by atoms with E-state index >= 15 is 0 Å². The zero-order valence-corrected chi connectivity index (χ0v) is 9.77. The lowest BCUT2D eigenvalue weighted by atomic mass is 10.1. The Labute approximate surface area is 91.9 Å². The van der Waals surface area contributed by atoms with Gasteiger partial charge >= 0.3 is 0 Å². The Bertz CT molecular complexity index is 288. The lowest BCUT2D eigenvalue weighted by Gasteiger charge is -2.12. The molecule has 0 saturated carbocycles. The largest absolute Gasteiger partial charge is 0.388 e. The van der Waals surface area contributed by atoms with Crippen LogP contribution >= 0.6 is 27.5 Å². The molecule has 1 aromatic rings. The van der Waals surface area contributed by atoms with Crippen LogP contribution in [0.2, 0.25) is 5.02 Å². The van der Waals surface area contributed by atoms with Crippen molar-refractivity contribution in [2.45, 2.75) is 25.9 Å². The molecule has 13 heavy (non-hydrogen) atoms. The topological polar surface area (TPSA) is 20.2 Å². The van der Waals surface area contributed by atoms with Crippen LogP contribution in [0.25, 0.3) is 0 Å². The Morgan fingerprint density at radius 1 is 1.54 bits per heavy atom. The van der Waals surface area contributed by atoms with Crippen molar-refractivity contribution < 1.29 is 5.11 Å². The fourth-order valence-electron chi connectivity index (χ4n) is 1.21. The van der Waals surface area contributed by atoms with E-state index in [0.29, 0.717) is 5.02 Å². The van der Waals surface area contributed by atoms with E-state index in [1.165, 1.54) is 0 Å². The van der Waals surface area contributed by atoms with Crippen LogP contribution in [0.5, 0.6) is 0 Å². The minimum Gasteiger partial charge on any atom is -0.388 e. The van der Waals surface area contributed by atoms with Crippen LogP contribution in [0.3, 0.4) is 0 Å². The van der Waals surface area contributed by atoms with E-state index in [0.717, 1.165) is 22.9 Å². The predicted molar refractivity (Wildman–Crippen MR) is 59.0 cm³/mol. The van der Waals surface area contributed by atoms with Gasteiger partial charge < -0.3 is 5.11 Å². The zero-order chi connectivity index (χ0) is 9.84. The minimum atomic E-state index is -0.418. The van der Waals surface area contributed by atoms with Gasteiger partial charge in [-0.1, -0.05) is 37.1 Å². The molecule has 0 radical (unpaired) electrons. The quantitative estimate of drug-likeness (QED) is 0.876. The first-order valence-electron chi connectivity index (χ1n) is 4.28. The van der Waals surface area contributed by atoms with E-state index < -0.39 is 6.10 Å². The van der Waals surface area contributed by atoms with Gasteiger partial charge in [0.1, 0.15) is 0 Å². The SMILES string of the molecule is CCC[C@H](O)c1cccc(Cl)c1Br. The average Bonchev–Trinajstić information content (AvgIpc) is 2.10. The van der Waals surface area contributed by atoms with Gasteiger partial charge in [-0.25, -0.2) is 0 Å². The summed E-state index contributed by atoms with van der Waals surface area (Å²) in [6.45, 7) is 2.04. The van der Waals surface area contributed by atoms with Crippen LogP contribution < -0.4 is 0 Å². The van der Waals surface area contributed by atoms with Crippen LogP contribution in [0.4, 0.5) is 0 Å². The molecular weight excluding hydrogens is 251 g/mol. The highest BCUT2D eigenvalue weighted by Gasteiger charge is 2.11. The highest BCUT2D eigenvalue weighted by molar-refractivity contribution is 9.10. The molecule has 0 bridgehead atoms. The van der Waals surface area contributed by atoms with Gasteiger partial charge in [0.2, 0.25) is 0 Å². The number of aliphatic hydroxyl groups excluding tert-OH is 1. The molecule has 0 spiro atoms. The molecule has 0 fully saturated rings. The molecular formula is C10H12BrClO. The Hall–Kier alpha value is -0.0500. The average molecular weight is 264 g/mol. The summed E-state index contributed by atoms with van der Waals surface area (Å²) in [5.74, 6) is 0. The third-order valence-electron chi connectivity index (χ3n) is 1.90. The van der Waals surface area contributed by atoms with Crippen molar-refractivity contribution in [3.8, 4) is 0 Å². The third-order valence-corrected chi connectivity index (χ3v) is 3.33. The van der Waals surface area contributed by atoms with Crippen LogP contribution in [-0.4, -0.2) is 5.11 Å². The standard InChI is InChI=1S/C10H12BrClO/c1-2-4-9(13)7-5-3-6-8(12)10(7)11/h3,5-6,9,13H,2,4H2,1H3/t9-/m0/s1. The van der Waals surface area contributed by atoms with Gasteiger partial charge in [-0.05, 0) is 34.0 Å². The number of hydrogen-bond donors (Lipinski definition) is 1.